The van der Waals surface area contributed by atoms with Crippen LogP contribution in [-0.2, 0) is 9.84 Å². The number of hydrogen-bond donors (Lipinski definition) is 1. The molecule has 2 aromatic carbocycles. The molecule has 1 aliphatic carbocycles. The number of fused-ring (bicyclic) bond motifs is 1. The third-order valence-corrected chi connectivity index (χ3v) is 9.25. The van der Waals surface area contributed by atoms with Gasteiger partial charge in [0.25, 0.3) is 5.91 Å². The molecule has 2 aliphatic rings. The Bertz CT molecular complexity index is 1280. The zero-order valence-corrected chi connectivity index (χ0v) is 21.8. The molecule has 1 amide bonds. The van der Waals surface area contributed by atoms with Gasteiger partial charge in [-0.3, -0.25) is 4.79 Å². The molecule has 0 unspecified atom stereocenters. The maximum absolute atomic E-state index is 12.6. The zero-order chi connectivity index (χ0) is 25.1. The molecule has 1 saturated carbocycles. The van der Waals surface area contributed by atoms with Crippen LogP contribution >= 0.6 is 0 Å². The first-order valence-corrected chi connectivity index (χ1v) is 15.1. The van der Waals surface area contributed by atoms with Gasteiger partial charge in [-0.2, -0.15) is 0 Å². The fraction of sp³-hybridized carbons (Fsp3) is 0.483. The Hall–Kier alpha value is -2.64. The minimum absolute atomic E-state index is 0.119. The third-order valence-electron chi connectivity index (χ3n) is 8.12. The van der Waals surface area contributed by atoms with Crippen molar-refractivity contribution in [1.82, 2.24) is 10.2 Å². The molecule has 0 radical (unpaired) electrons. The molecule has 1 saturated heterocycles. The Kier molecular flexibility index (Phi) is 7.49. The molecule has 0 spiro atoms. The fourth-order valence-electron chi connectivity index (χ4n) is 5.86. The second-order valence-electron chi connectivity index (χ2n) is 10.6. The third kappa shape index (κ3) is 5.84. The van der Waals surface area contributed by atoms with Crippen LogP contribution < -0.4 is 5.32 Å². The minimum atomic E-state index is -3.25. The van der Waals surface area contributed by atoms with E-state index in [1.54, 1.807) is 12.1 Å². The van der Waals surface area contributed by atoms with Crippen molar-refractivity contribution < 1.29 is 17.6 Å². The fourth-order valence-corrected chi connectivity index (χ4v) is 6.50. The van der Waals surface area contributed by atoms with Crippen molar-refractivity contribution in [1.29, 1.82) is 0 Å². The van der Waals surface area contributed by atoms with Crippen molar-refractivity contribution in [3.05, 3.63) is 65.9 Å². The number of nitrogens with zero attached hydrogens (tertiary/aromatic N) is 1. The standard InChI is InChI=1S/C29H36N2O4S/c1-36(33,34)25-12-8-23(9-13-25)29(32)30-24-10-6-21(7-11-24)14-17-31-18-15-22(16-19-31)27-20-35-28-5-3-2-4-26(27)28/h2-5,8-9,12-13,20-22,24H,6-7,10-11,14-19H2,1H3,(H,30,32). The zero-order valence-electron chi connectivity index (χ0n) is 21.0. The molecule has 2 fully saturated rings. The van der Waals surface area contributed by atoms with Crippen LogP contribution in [0.15, 0.2) is 64.1 Å². The summed E-state index contributed by atoms with van der Waals surface area (Å²) in [6.45, 7) is 3.45. The summed E-state index contributed by atoms with van der Waals surface area (Å²) in [7, 11) is -3.25. The molecule has 2 heterocycles. The largest absolute Gasteiger partial charge is 0.464 e. The summed E-state index contributed by atoms with van der Waals surface area (Å²) in [6.07, 6.45) is 11.1. The van der Waals surface area contributed by atoms with Gasteiger partial charge in [0, 0.05) is 28.8 Å². The summed E-state index contributed by atoms with van der Waals surface area (Å²) in [5.74, 6) is 1.20. The van der Waals surface area contributed by atoms with Crippen molar-refractivity contribution in [2.75, 3.05) is 25.9 Å². The van der Waals surface area contributed by atoms with Crippen LogP contribution in [0.4, 0.5) is 0 Å². The highest BCUT2D eigenvalue weighted by Gasteiger charge is 2.26. The number of sulfone groups is 1. The molecule has 6 nitrogen and oxygen atoms in total. The van der Waals surface area contributed by atoms with Crippen LogP contribution in [0.5, 0.6) is 0 Å². The Morgan fingerprint density at radius 1 is 0.972 bits per heavy atom. The normalized spacial score (nSPS) is 22.0. The molecule has 3 aromatic rings. The highest BCUT2D eigenvalue weighted by Crippen LogP contribution is 2.35. The van der Waals surface area contributed by atoms with Crippen molar-refractivity contribution in [3.63, 3.8) is 0 Å². The molecule has 36 heavy (non-hydrogen) atoms. The second kappa shape index (κ2) is 10.8. The highest BCUT2D eigenvalue weighted by molar-refractivity contribution is 7.90. The first kappa shape index (κ1) is 25.0. The van der Waals surface area contributed by atoms with E-state index in [1.165, 1.54) is 48.6 Å². The number of furan rings is 1. The number of para-hydroxylation sites is 1. The molecule has 1 aliphatic heterocycles. The van der Waals surface area contributed by atoms with Crippen molar-refractivity contribution in [3.8, 4) is 0 Å². The number of carbonyl (C=O) groups is 1. The van der Waals surface area contributed by atoms with E-state index in [1.807, 2.05) is 18.4 Å². The Balaban J connectivity index is 1.02. The van der Waals surface area contributed by atoms with Crippen LogP contribution in [-0.4, -0.2) is 51.2 Å². The van der Waals surface area contributed by atoms with E-state index in [4.69, 9.17) is 4.42 Å². The number of rotatable bonds is 7. The highest BCUT2D eigenvalue weighted by atomic mass is 32.2. The van der Waals surface area contributed by atoms with E-state index in [2.05, 4.69) is 22.3 Å². The lowest BCUT2D eigenvalue weighted by Gasteiger charge is -2.34. The Morgan fingerprint density at radius 3 is 2.36 bits per heavy atom. The predicted molar refractivity (Wildman–Crippen MR) is 142 cm³/mol. The first-order chi connectivity index (χ1) is 17.4. The molecule has 192 valence electrons. The van der Waals surface area contributed by atoms with Gasteiger partial charge in [-0.05, 0) is 107 Å². The van der Waals surface area contributed by atoms with Crippen molar-refractivity contribution in [2.45, 2.75) is 61.8 Å². The predicted octanol–water partition coefficient (Wildman–Crippen LogP) is 5.39. The maximum atomic E-state index is 12.6. The molecule has 1 N–H and O–H groups in total. The van der Waals surface area contributed by atoms with Crippen molar-refractivity contribution >= 4 is 26.7 Å². The van der Waals surface area contributed by atoms with E-state index in [-0.39, 0.29) is 16.8 Å². The molecule has 1 aromatic heterocycles. The lowest BCUT2D eigenvalue weighted by atomic mass is 9.83. The van der Waals surface area contributed by atoms with Crippen LogP contribution in [0.25, 0.3) is 11.0 Å². The van der Waals surface area contributed by atoms with Gasteiger partial charge in [0.05, 0.1) is 11.2 Å². The van der Waals surface area contributed by atoms with Crippen molar-refractivity contribution in [2.24, 2.45) is 5.92 Å². The molecule has 0 atom stereocenters. The number of nitrogens with one attached hydrogen (secondary N) is 1. The van der Waals surface area contributed by atoms with Gasteiger partial charge in [0.1, 0.15) is 5.58 Å². The average Bonchev–Trinajstić information content (AvgIpc) is 3.32. The topological polar surface area (TPSA) is 79.6 Å². The quantitative estimate of drug-likeness (QED) is 0.463. The SMILES string of the molecule is CS(=O)(=O)c1ccc(C(=O)NC2CCC(CCN3CCC(c4coc5ccccc45)CC3)CC2)cc1. The van der Waals surface area contributed by atoms with Gasteiger partial charge in [0.15, 0.2) is 9.84 Å². The molecular weight excluding hydrogens is 472 g/mol. The summed E-state index contributed by atoms with van der Waals surface area (Å²) < 4.78 is 29.0. The Labute approximate surface area is 214 Å². The first-order valence-electron chi connectivity index (χ1n) is 13.2. The van der Waals surface area contributed by atoms with Gasteiger partial charge < -0.3 is 14.6 Å². The van der Waals surface area contributed by atoms with Gasteiger partial charge in [-0.1, -0.05) is 18.2 Å². The summed E-state index contributed by atoms with van der Waals surface area (Å²) in [5.41, 5.74) is 2.87. The smallest absolute Gasteiger partial charge is 0.251 e. The monoisotopic (exact) mass is 508 g/mol. The van der Waals surface area contributed by atoms with Gasteiger partial charge in [-0.25, -0.2) is 8.42 Å². The van der Waals surface area contributed by atoms with E-state index >= 15 is 0 Å². The summed E-state index contributed by atoms with van der Waals surface area (Å²) >= 11 is 0. The lowest BCUT2D eigenvalue weighted by molar-refractivity contribution is 0.0919. The van der Waals surface area contributed by atoms with Crippen LogP contribution in [0, 0.1) is 5.92 Å². The number of carbonyl (C=O) groups excluding carboxylic acids is 1. The molecular formula is C29H36N2O4S. The Morgan fingerprint density at radius 2 is 1.67 bits per heavy atom. The van der Waals surface area contributed by atoms with Gasteiger partial charge in [-0.15, -0.1) is 0 Å². The number of benzene rings is 2. The number of hydrogen-bond acceptors (Lipinski definition) is 5. The molecule has 5 rings (SSSR count). The summed E-state index contributed by atoms with van der Waals surface area (Å²) in [4.78, 5) is 15.5. The lowest BCUT2D eigenvalue weighted by Crippen LogP contribution is -2.38. The van der Waals surface area contributed by atoms with E-state index in [9.17, 15) is 13.2 Å². The average molecular weight is 509 g/mol. The molecule has 0 bridgehead atoms. The van der Waals surface area contributed by atoms with Gasteiger partial charge in [0.2, 0.25) is 0 Å². The minimum Gasteiger partial charge on any atom is -0.464 e. The van der Waals surface area contributed by atoms with E-state index < -0.39 is 9.84 Å². The molecule has 7 heteroatoms. The van der Waals surface area contributed by atoms with Crippen LogP contribution in [0.3, 0.4) is 0 Å². The van der Waals surface area contributed by atoms with E-state index in [0.717, 1.165) is 56.8 Å². The second-order valence-corrected chi connectivity index (χ2v) is 12.6. The number of likely N-dealkylation sites (tertiary alicyclic amines) is 1. The van der Waals surface area contributed by atoms with Crippen LogP contribution in [0.2, 0.25) is 0 Å². The summed E-state index contributed by atoms with van der Waals surface area (Å²) in [5, 5.41) is 4.41. The van der Waals surface area contributed by atoms with Crippen LogP contribution in [0.1, 0.15) is 66.8 Å². The maximum Gasteiger partial charge on any atom is 0.251 e. The number of piperidine rings is 1. The van der Waals surface area contributed by atoms with Gasteiger partial charge >= 0.3 is 0 Å². The van der Waals surface area contributed by atoms with E-state index in [0.29, 0.717) is 11.5 Å². The number of amides is 1. The summed E-state index contributed by atoms with van der Waals surface area (Å²) in [6, 6.07) is 14.7.